The minimum absolute atomic E-state index is 0.0785. The first-order chi connectivity index (χ1) is 9.81. The quantitative estimate of drug-likeness (QED) is 0.867. The summed E-state index contributed by atoms with van der Waals surface area (Å²) in [6.45, 7) is 5.51. The first kappa shape index (κ1) is 16.1. The van der Waals surface area contributed by atoms with Crippen LogP contribution in [0.5, 0.6) is 0 Å². The highest BCUT2D eigenvalue weighted by molar-refractivity contribution is 7.89. The maximum Gasteiger partial charge on any atom is 0.253 e. The van der Waals surface area contributed by atoms with Crippen molar-refractivity contribution in [3.63, 3.8) is 0 Å². The van der Waals surface area contributed by atoms with Crippen LogP contribution in [-0.4, -0.2) is 31.3 Å². The van der Waals surface area contributed by atoms with Crippen molar-refractivity contribution in [3.8, 4) is 0 Å². The molecular formula is C15H22N2O3S. The number of piperidine rings is 1. The van der Waals surface area contributed by atoms with E-state index >= 15 is 0 Å². The molecule has 1 saturated heterocycles. The van der Waals surface area contributed by atoms with Crippen LogP contribution in [0.25, 0.3) is 0 Å². The molecule has 0 amide bonds. The molecule has 21 heavy (non-hydrogen) atoms. The molecule has 6 heteroatoms. The average Bonchev–Trinajstić information content (AvgIpc) is 2.43. The van der Waals surface area contributed by atoms with E-state index in [1.165, 1.54) is 19.1 Å². The van der Waals surface area contributed by atoms with E-state index in [-0.39, 0.29) is 22.8 Å². The fourth-order valence-corrected chi connectivity index (χ4v) is 3.90. The van der Waals surface area contributed by atoms with E-state index in [2.05, 4.69) is 4.83 Å². The van der Waals surface area contributed by atoms with Gasteiger partial charge in [0.25, 0.3) is 10.0 Å². The number of benzene rings is 1. The molecule has 1 aliphatic heterocycles. The SMILES string of the molecule is CC(=O)c1ccc(S(=O)(=O)NN2C(C)CCCC2C)cc1. The van der Waals surface area contributed by atoms with Crippen molar-refractivity contribution in [1.82, 2.24) is 9.84 Å². The predicted molar refractivity (Wildman–Crippen MR) is 81.4 cm³/mol. The summed E-state index contributed by atoms with van der Waals surface area (Å²) in [4.78, 5) is 14.1. The Morgan fingerprint density at radius 2 is 1.67 bits per heavy atom. The van der Waals surface area contributed by atoms with Gasteiger partial charge in [-0.3, -0.25) is 4.79 Å². The summed E-state index contributed by atoms with van der Waals surface area (Å²) < 4.78 is 24.9. The van der Waals surface area contributed by atoms with Crippen LogP contribution in [0.1, 0.15) is 50.4 Å². The summed E-state index contributed by atoms with van der Waals surface area (Å²) in [5, 5.41) is 1.82. The van der Waals surface area contributed by atoms with Gasteiger partial charge in [-0.1, -0.05) is 18.6 Å². The molecule has 0 aromatic heterocycles. The number of hydrazine groups is 1. The van der Waals surface area contributed by atoms with Crippen LogP contribution in [-0.2, 0) is 10.0 Å². The van der Waals surface area contributed by atoms with Gasteiger partial charge in [-0.2, -0.15) is 0 Å². The molecule has 1 N–H and O–H groups in total. The lowest BCUT2D eigenvalue weighted by atomic mass is 10.0. The minimum atomic E-state index is -3.60. The van der Waals surface area contributed by atoms with Gasteiger partial charge in [0.05, 0.1) is 4.90 Å². The van der Waals surface area contributed by atoms with Crippen molar-refractivity contribution >= 4 is 15.8 Å². The van der Waals surface area contributed by atoms with Crippen molar-refractivity contribution in [2.75, 3.05) is 0 Å². The highest BCUT2D eigenvalue weighted by Crippen LogP contribution is 2.22. The monoisotopic (exact) mass is 310 g/mol. The number of ketones is 1. The fraction of sp³-hybridized carbons (Fsp3) is 0.533. The van der Waals surface area contributed by atoms with Gasteiger partial charge >= 0.3 is 0 Å². The zero-order valence-electron chi connectivity index (χ0n) is 12.7. The third-order valence-corrected chi connectivity index (χ3v) is 5.33. The normalized spacial score (nSPS) is 24.0. The van der Waals surface area contributed by atoms with E-state index in [4.69, 9.17) is 0 Å². The molecule has 0 aliphatic carbocycles. The molecule has 2 atom stereocenters. The molecule has 0 spiro atoms. The number of hydrogen-bond acceptors (Lipinski definition) is 4. The predicted octanol–water partition coefficient (Wildman–Crippen LogP) is 2.35. The van der Waals surface area contributed by atoms with Gasteiger partial charge in [0.2, 0.25) is 0 Å². The molecule has 1 aromatic carbocycles. The Morgan fingerprint density at radius 1 is 1.14 bits per heavy atom. The lowest BCUT2D eigenvalue weighted by Crippen LogP contribution is -2.53. The largest absolute Gasteiger partial charge is 0.295 e. The highest BCUT2D eigenvalue weighted by atomic mass is 32.2. The topological polar surface area (TPSA) is 66.5 Å². The maximum atomic E-state index is 12.4. The van der Waals surface area contributed by atoms with Crippen LogP contribution < -0.4 is 4.83 Å². The third kappa shape index (κ3) is 3.70. The fourth-order valence-electron chi connectivity index (χ4n) is 2.66. The van der Waals surface area contributed by atoms with Crippen molar-refractivity contribution in [1.29, 1.82) is 0 Å². The Morgan fingerprint density at radius 3 is 2.14 bits per heavy atom. The lowest BCUT2D eigenvalue weighted by molar-refractivity contribution is 0.0790. The Kier molecular flexibility index (Phi) is 4.81. The van der Waals surface area contributed by atoms with Gasteiger partial charge in [-0.15, -0.1) is 4.83 Å². The zero-order valence-corrected chi connectivity index (χ0v) is 13.5. The number of carbonyl (C=O) groups is 1. The summed E-state index contributed by atoms with van der Waals surface area (Å²) >= 11 is 0. The third-order valence-electron chi connectivity index (χ3n) is 3.99. The minimum Gasteiger partial charge on any atom is -0.295 e. The van der Waals surface area contributed by atoms with E-state index in [0.29, 0.717) is 5.56 Å². The molecule has 2 rings (SSSR count). The van der Waals surface area contributed by atoms with Gasteiger partial charge in [0.15, 0.2) is 5.78 Å². The summed E-state index contributed by atoms with van der Waals surface area (Å²) in [6, 6.07) is 6.39. The summed E-state index contributed by atoms with van der Waals surface area (Å²) in [5.41, 5.74) is 0.508. The number of rotatable bonds is 4. The summed E-state index contributed by atoms with van der Waals surface area (Å²) in [6.07, 6.45) is 3.08. The molecule has 1 fully saturated rings. The van der Waals surface area contributed by atoms with E-state index in [0.717, 1.165) is 19.3 Å². The molecule has 0 radical (unpaired) electrons. The molecule has 1 aromatic rings. The number of hydrogen-bond donors (Lipinski definition) is 1. The Labute approximate surface area is 126 Å². The van der Waals surface area contributed by atoms with Crippen molar-refractivity contribution < 1.29 is 13.2 Å². The van der Waals surface area contributed by atoms with Crippen molar-refractivity contribution in [3.05, 3.63) is 29.8 Å². The molecule has 1 heterocycles. The second-order valence-corrected chi connectivity index (χ2v) is 7.37. The van der Waals surface area contributed by atoms with Gasteiger partial charge in [-0.25, -0.2) is 13.4 Å². The van der Waals surface area contributed by atoms with Crippen LogP contribution in [0, 0.1) is 0 Å². The number of carbonyl (C=O) groups excluding carboxylic acids is 1. The molecule has 5 nitrogen and oxygen atoms in total. The van der Waals surface area contributed by atoms with Gasteiger partial charge in [-0.05, 0) is 45.7 Å². The van der Waals surface area contributed by atoms with Crippen LogP contribution in [0.2, 0.25) is 0 Å². The Balaban J connectivity index is 2.19. The van der Waals surface area contributed by atoms with Crippen LogP contribution >= 0.6 is 0 Å². The van der Waals surface area contributed by atoms with E-state index in [1.807, 2.05) is 18.9 Å². The number of nitrogens with zero attached hydrogens (tertiary/aromatic N) is 1. The number of sulfonamides is 1. The smallest absolute Gasteiger partial charge is 0.253 e. The molecule has 0 saturated carbocycles. The second kappa shape index (κ2) is 6.25. The summed E-state index contributed by atoms with van der Waals surface area (Å²) in [7, 11) is -3.60. The van der Waals surface area contributed by atoms with E-state index in [9.17, 15) is 13.2 Å². The average molecular weight is 310 g/mol. The Bertz CT molecular complexity index is 600. The summed E-state index contributed by atoms with van der Waals surface area (Å²) in [5.74, 6) is -0.0785. The number of Topliss-reactive ketones (excluding diaryl/α,β-unsaturated/α-hetero) is 1. The molecule has 0 bridgehead atoms. The van der Waals surface area contributed by atoms with E-state index < -0.39 is 10.0 Å². The molecule has 116 valence electrons. The highest BCUT2D eigenvalue weighted by Gasteiger charge is 2.29. The van der Waals surface area contributed by atoms with Crippen molar-refractivity contribution in [2.45, 2.75) is 57.0 Å². The Hall–Kier alpha value is -1.24. The van der Waals surface area contributed by atoms with Crippen LogP contribution in [0.15, 0.2) is 29.2 Å². The molecule has 1 aliphatic rings. The van der Waals surface area contributed by atoms with Gasteiger partial charge in [0.1, 0.15) is 0 Å². The number of nitrogens with one attached hydrogen (secondary N) is 1. The first-order valence-electron chi connectivity index (χ1n) is 7.23. The lowest BCUT2D eigenvalue weighted by Gasteiger charge is -2.38. The second-order valence-electron chi connectivity index (χ2n) is 5.71. The van der Waals surface area contributed by atoms with Crippen LogP contribution in [0.4, 0.5) is 0 Å². The first-order valence-corrected chi connectivity index (χ1v) is 8.71. The van der Waals surface area contributed by atoms with E-state index in [1.54, 1.807) is 12.1 Å². The van der Waals surface area contributed by atoms with Crippen molar-refractivity contribution in [2.24, 2.45) is 0 Å². The maximum absolute atomic E-state index is 12.4. The van der Waals surface area contributed by atoms with Gasteiger partial charge in [0, 0.05) is 17.6 Å². The molecular weight excluding hydrogens is 288 g/mol. The van der Waals surface area contributed by atoms with Crippen LogP contribution in [0.3, 0.4) is 0 Å². The molecule has 2 unspecified atom stereocenters. The van der Waals surface area contributed by atoms with Gasteiger partial charge < -0.3 is 0 Å². The standard InChI is InChI=1S/C15H22N2O3S/c1-11-5-4-6-12(2)17(11)16-21(19,20)15-9-7-14(8-10-15)13(3)18/h7-12,16H,4-6H2,1-3H3. The zero-order chi connectivity index (χ0) is 15.6.